The van der Waals surface area contributed by atoms with Crippen molar-refractivity contribution in [2.45, 2.75) is 277 Å². The summed E-state index contributed by atoms with van der Waals surface area (Å²) < 4.78 is 34.3. The Hall–Kier alpha value is -5.15. The molecule has 9 nitrogen and oxygen atoms in total. The first-order valence-corrected chi connectivity index (χ1v) is 38.6. The topological polar surface area (TPSA) is 111 Å². The maximum absolute atomic E-state index is 12.9. The van der Waals surface area contributed by atoms with Crippen LogP contribution < -0.4 is 4.89 Å². The molecule has 0 rings (SSSR count). The summed E-state index contributed by atoms with van der Waals surface area (Å²) in [4.78, 5) is 38.1. The summed E-state index contributed by atoms with van der Waals surface area (Å²) in [5, 5.41) is 0. The SMILES string of the molecule is CC/C=C\C/C=C\C/C=C\C/C=C\C/C=C\C/C=C\C/C=C\C/C=C\C/C=C\CCCCCCCCCC(=O)OC(COC(=O)CCCCCCCCCCCCCCC/C=C\C/C=C\C/C=C\C/C=C\C/C=C\C/C=C\C/C=C\CC)COP(=O)([O-])OCC[N+](C)(C)C. The first kappa shape index (κ1) is 88.8. The summed E-state index contributed by atoms with van der Waals surface area (Å²) in [6.45, 7) is 3.99. The molecule has 0 spiro atoms. The maximum Gasteiger partial charge on any atom is 0.306 e. The first-order chi connectivity index (χ1) is 46.0. The highest BCUT2D eigenvalue weighted by Crippen LogP contribution is 2.38. The highest BCUT2D eigenvalue weighted by Gasteiger charge is 2.22. The molecule has 0 aromatic heterocycles. The van der Waals surface area contributed by atoms with E-state index in [1.165, 1.54) is 77.0 Å². The lowest BCUT2D eigenvalue weighted by atomic mass is 10.0. The molecule has 2 unspecified atom stereocenters. The van der Waals surface area contributed by atoms with Crippen molar-refractivity contribution in [3.05, 3.63) is 194 Å². The Morgan fingerprint density at radius 2 is 0.574 bits per heavy atom. The van der Waals surface area contributed by atoms with Crippen LogP contribution >= 0.6 is 7.82 Å². The van der Waals surface area contributed by atoms with Crippen LogP contribution in [0.2, 0.25) is 0 Å². The van der Waals surface area contributed by atoms with Crippen molar-refractivity contribution in [2.24, 2.45) is 0 Å². The Morgan fingerprint density at radius 3 is 0.851 bits per heavy atom. The van der Waals surface area contributed by atoms with Crippen LogP contribution in [0.3, 0.4) is 0 Å². The van der Waals surface area contributed by atoms with Gasteiger partial charge in [0.1, 0.15) is 19.8 Å². The average molecular weight is 1320 g/mol. The number of esters is 2. The Morgan fingerprint density at radius 1 is 0.330 bits per heavy atom. The second-order valence-electron chi connectivity index (χ2n) is 25.2. The number of hydrogen-bond donors (Lipinski definition) is 0. The van der Waals surface area contributed by atoms with Gasteiger partial charge in [0.05, 0.1) is 27.7 Å². The lowest BCUT2D eigenvalue weighted by Gasteiger charge is -2.28. The molecule has 0 radical (unpaired) electrons. The second-order valence-corrected chi connectivity index (χ2v) is 26.6. The molecule has 0 amide bonds. The lowest BCUT2D eigenvalue weighted by molar-refractivity contribution is -0.870. The number of allylic oxidation sites excluding steroid dienone is 32. The standard InChI is InChI=1S/C84H136NO8P/c1-6-8-10-12-14-16-18-20-22-24-26-28-30-32-34-36-38-40-42-44-46-48-50-52-54-56-58-60-62-64-66-68-70-72-74-76-83(86)90-80-82(81-92-94(88,89)91-79-78-85(3,4)5)93-84(87)77-75-73-71-69-67-65-63-61-59-57-55-53-51-49-47-45-43-41-39-37-35-33-31-29-27-25-23-21-19-17-15-13-11-9-7-2/h8-11,14-17,20-23,26-29,32-35,38-41,44-47,51,53,57,59,82H,6-7,12-13,18-19,24-25,30-31,36-37,42-43,48-50,52,54-56,58,60-81H2,1-5H3/b10-8-,11-9-,16-14-,17-15-,22-20-,23-21-,28-26-,29-27-,34-32-,35-33-,40-38-,41-39-,46-44-,47-45-,53-51-,59-57-. The van der Waals surface area contributed by atoms with Gasteiger partial charge in [-0.05, 0) is 141 Å². The normalized spacial score (nSPS) is 14.2. The van der Waals surface area contributed by atoms with Crippen molar-refractivity contribution >= 4 is 19.8 Å². The van der Waals surface area contributed by atoms with Crippen LogP contribution in [0.4, 0.5) is 0 Å². The number of ether oxygens (including phenoxy) is 2. The van der Waals surface area contributed by atoms with Crippen molar-refractivity contribution in [2.75, 3.05) is 47.5 Å². The van der Waals surface area contributed by atoms with Crippen molar-refractivity contribution in [1.82, 2.24) is 0 Å². The third kappa shape index (κ3) is 75.9. The Balaban J connectivity index is 4.13. The van der Waals surface area contributed by atoms with Crippen LogP contribution in [0.25, 0.3) is 0 Å². The van der Waals surface area contributed by atoms with Crippen LogP contribution in [0.1, 0.15) is 271 Å². The van der Waals surface area contributed by atoms with Gasteiger partial charge >= 0.3 is 11.9 Å². The number of carbonyl (C=O) groups is 2. The molecular weight excluding hydrogens is 1180 g/mol. The number of rotatable bonds is 66. The molecule has 94 heavy (non-hydrogen) atoms. The highest BCUT2D eigenvalue weighted by atomic mass is 31.2. The van der Waals surface area contributed by atoms with Gasteiger partial charge in [-0.15, -0.1) is 0 Å². The van der Waals surface area contributed by atoms with E-state index in [2.05, 4.69) is 208 Å². The largest absolute Gasteiger partial charge is 0.756 e. The smallest absolute Gasteiger partial charge is 0.306 e. The van der Waals surface area contributed by atoms with Gasteiger partial charge in [-0.2, -0.15) is 0 Å². The molecule has 0 aromatic rings. The third-order valence-electron chi connectivity index (χ3n) is 15.1. The van der Waals surface area contributed by atoms with E-state index in [0.717, 1.165) is 161 Å². The molecule has 0 aromatic carbocycles. The van der Waals surface area contributed by atoms with Gasteiger partial charge in [0.2, 0.25) is 0 Å². The van der Waals surface area contributed by atoms with E-state index in [1.807, 2.05) is 21.1 Å². The number of carbonyl (C=O) groups excluding carboxylic acids is 2. The Kier molecular flexibility index (Phi) is 68.2. The van der Waals surface area contributed by atoms with E-state index >= 15 is 0 Å². The maximum atomic E-state index is 12.9. The quantitative estimate of drug-likeness (QED) is 0.0195. The number of likely N-dealkylation sites (N-methyl/N-ethyl adjacent to an activating group) is 1. The summed E-state index contributed by atoms with van der Waals surface area (Å²) in [5.74, 6) is -0.857. The second kappa shape index (κ2) is 72.1. The fraction of sp³-hybridized carbons (Fsp3) is 0.595. The molecule has 530 valence electrons. The van der Waals surface area contributed by atoms with Gasteiger partial charge in [-0.3, -0.25) is 14.2 Å². The zero-order chi connectivity index (χ0) is 68.3. The minimum atomic E-state index is -4.66. The molecule has 0 aliphatic rings. The lowest BCUT2D eigenvalue weighted by Crippen LogP contribution is -2.37. The number of phosphoric ester groups is 1. The summed E-state index contributed by atoms with van der Waals surface area (Å²) in [6.07, 6.45) is 112. The van der Waals surface area contributed by atoms with E-state index < -0.39 is 32.5 Å². The third-order valence-corrected chi connectivity index (χ3v) is 16.1. The minimum Gasteiger partial charge on any atom is -0.756 e. The number of quaternary nitrogens is 1. The summed E-state index contributed by atoms with van der Waals surface area (Å²) in [5.41, 5.74) is 0. The molecule has 0 aliphatic heterocycles. The van der Waals surface area contributed by atoms with E-state index in [-0.39, 0.29) is 26.1 Å². The predicted octanol–water partition coefficient (Wildman–Crippen LogP) is 24.2. The highest BCUT2D eigenvalue weighted by molar-refractivity contribution is 7.45. The van der Waals surface area contributed by atoms with Crippen LogP contribution in [-0.4, -0.2) is 70.0 Å². The van der Waals surface area contributed by atoms with E-state index in [1.54, 1.807) is 0 Å². The Bertz CT molecular complexity index is 2290. The monoisotopic (exact) mass is 1320 g/mol. The molecule has 2 atom stereocenters. The van der Waals surface area contributed by atoms with Gasteiger partial charge in [0, 0.05) is 12.8 Å². The molecule has 0 saturated heterocycles. The summed E-state index contributed by atoms with van der Waals surface area (Å²) >= 11 is 0. The van der Waals surface area contributed by atoms with Gasteiger partial charge in [-0.1, -0.05) is 311 Å². The Labute approximate surface area is 577 Å². The first-order valence-electron chi connectivity index (χ1n) is 37.1. The number of hydrogen-bond acceptors (Lipinski definition) is 8. The van der Waals surface area contributed by atoms with Crippen LogP contribution in [0, 0.1) is 0 Å². The molecule has 0 heterocycles. The van der Waals surface area contributed by atoms with E-state index in [4.69, 9.17) is 18.5 Å². The molecule has 10 heteroatoms. The van der Waals surface area contributed by atoms with E-state index in [9.17, 15) is 19.0 Å². The molecule has 0 fully saturated rings. The fourth-order valence-electron chi connectivity index (χ4n) is 9.51. The van der Waals surface area contributed by atoms with Crippen LogP contribution in [0.5, 0.6) is 0 Å². The van der Waals surface area contributed by atoms with Gasteiger partial charge in [0.15, 0.2) is 6.10 Å². The predicted molar refractivity (Wildman–Crippen MR) is 406 cm³/mol. The summed E-state index contributed by atoms with van der Waals surface area (Å²) in [6, 6.07) is 0. The van der Waals surface area contributed by atoms with Crippen molar-refractivity contribution in [3.63, 3.8) is 0 Å². The van der Waals surface area contributed by atoms with E-state index in [0.29, 0.717) is 17.4 Å². The summed E-state index contributed by atoms with van der Waals surface area (Å²) in [7, 11) is 1.14. The fourth-order valence-corrected chi connectivity index (χ4v) is 10.2. The number of nitrogens with zero attached hydrogens (tertiary/aromatic N) is 1. The molecule has 0 bridgehead atoms. The zero-order valence-corrected chi connectivity index (χ0v) is 61.2. The van der Waals surface area contributed by atoms with Crippen molar-refractivity contribution in [3.8, 4) is 0 Å². The van der Waals surface area contributed by atoms with Gasteiger partial charge in [0.25, 0.3) is 7.82 Å². The zero-order valence-electron chi connectivity index (χ0n) is 60.3. The average Bonchev–Trinajstić information content (AvgIpc) is 1.68. The van der Waals surface area contributed by atoms with Crippen molar-refractivity contribution in [1.29, 1.82) is 0 Å². The minimum absolute atomic E-state index is 0.0430. The molecule has 0 saturated carbocycles. The number of unbranched alkanes of at least 4 members (excludes halogenated alkanes) is 20. The van der Waals surface area contributed by atoms with Crippen LogP contribution in [-0.2, 0) is 32.7 Å². The van der Waals surface area contributed by atoms with Gasteiger partial charge in [-0.25, -0.2) is 0 Å². The van der Waals surface area contributed by atoms with Crippen molar-refractivity contribution < 1.29 is 42.1 Å². The molecular formula is C84H136NO8P. The molecule has 0 N–H and O–H groups in total. The van der Waals surface area contributed by atoms with Crippen LogP contribution in [0.15, 0.2) is 194 Å². The number of phosphoric acid groups is 1. The van der Waals surface area contributed by atoms with Gasteiger partial charge < -0.3 is 27.9 Å². The molecule has 0 aliphatic carbocycles.